The van der Waals surface area contributed by atoms with Crippen molar-refractivity contribution >= 4 is 5.91 Å². The number of rotatable bonds is 5. The second-order valence-corrected chi connectivity index (χ2v) is 4.47. The third-order valence-electron chi connectivity index (χ3n) is 3.05. The molecular weight excluding hydrogens is 218 g/mol. The van der Waals surface area contributed by atoms with Gasteiger partial charge in [0.25, 0.3) is 0 Å². The summed E-state index contributed by atoms with van der Waals surface area (Å²) in [4.78, 5) is 10.9. The second kappa shape index (κ2) is 4.17. The molecule has 1 fully saturated rings. The van der Waals surface area contributed by atoms with Crippen LogP contribution in [0.1, 0.15) is 31.9 Å². The summed E-state index contributed by atoms with van der Waals surface area (Å²) in [7, 11) is 0. The Labute approximate surface area is 99.4 Å². The molecular formula is C11H14N5O. The van der Waals surface area contributed by atoms with Gasteiger partial charge in [0.15, 0.2) is 5.54 Å². The summed E-state index contributed by atoms with van der Waals surface area (Å²) in [6, 6.07) is 2.24. The van der Waals surface area contributed by atoms with Crippen LogP contribution in [0.25, 0.3) is 0 Å². The molecule has 0 unspecified atom stereocenters. The van der Waals surface area contributed by atoms with Crippen LogP contribution in [0, 0.1) is 23.7 Å². The fourth-order valence-corrected chi connectivity index (χ4v) is 1.50. The third kappa shape index (κ3) is 2.28. The Morgan fingerprint density at radius 1 is 1.82 bits per heavy atom. The predicted molar refractivity (Wildman–Crippen MR) is 59.2 cm³/mol. The summed E-state index contributed by atoms with van der Waals surface area (Å²) >= 11 is 0. The van der Waals surface area contributed by atoms with Crippen molar-refractivity contribution in [1.29, 1.82) is 5.26 Å². The Bertz CT molecular complexity index is 468. The monoisotopic (exact) mass is 232 g/mol. The van der Waals surface area contributed by atoms with Gasteiger partial charge in [-0.15, -0.1) is 5.10 Å². The number of primary amides is 1. The van der Waals surface area contributed by atoms with E-state index >= 15 is 0 Å². The molecule has 6 nitrogen and oxygen atoms in total. The molecule has 1 aromatic rings. The van der Waals surface area contributed by atoms with E-state index in [2.05, 4.69) is 16.4 Å². The summed E-state index contributed by atoms with van der Waals surface area (Å²) < 4.78 is 1.60. The van der Waals surface area contributed by atoms with Crippen LogP contribution < -0.4 is 5.73 Å². The van der Waals surface area contributed by atoms with Gasteiger partial charge in [0, 0.05) is 12.3 Å². The molecule has 1 heterocycles. The molecule has 0 saturated heterocycles. The first-order chi connectivity index (χ1) is 8.07. The van der Waals surface area contributed by atoms with Crippen LogP contribution in [0.4, 0.5) is 0 Å². The molecule has 0 spiro atoms. The molecule has 1 saturated carbocycles. The van der Waals surface area contributed by atoms with Gasteiger partial charge in [0.05, 0.1) is 18.0 Å². The average molecular weight is 232 g/mol. The average Bonchev–Trinajstić information content (AvgIpc) is 2.98. The molecule has 1 radical (unpaired) electrons. The van der Waals surface area contributed by atoms with Crippen LogP contribution in [0.5, 0.6) is 0 Å². The normalized spacial score (nSPS) is 18.4. The molecule has 1 aliphatic rings. The van der Waals surface area contributed by atoms with Gasteiger partial charge >= 0.3 is 0 Å². The lowest BCUT2D eigenvalue weighted by atomic mass is 10.0. The number of hydrogen-bond acceptors (Lipinski definition) is 4. The number of aromatic nitrogens is 3. The van der Waals surface area contributed by atoms with Crippen molar-refractivity contribution in [2.75, 3.05) is 0 Å². The first-order valence-electron chi connectivity index (χ1n) is 5.54. The van der Waals surface area contributed by atoms with E-state index in [0.717, 1.165) is 12.8 Å². The lowest BCUT2D eigenvalue weighted by Crippen LogP contribution is -2.20. The number of amides is 1. The Morgan fingerprint density at radius 3 is 3.06 bits per heavy atom. The topological polar surface area (TPSA) is 97.6 Å². The maximum atomic E-state index is 10.9. The van der Waals surface area contributed by atoms with Gasteiger partial charge in [-0.1, -0.05) is 12.1 Å². The standard InChI is InChI=1S/C11H14N5O/c1-8(10(13)17)2-3-9-6-16(15-14-9)11(7-12)4-5-11/h3,6,8H,2,4-5H2,1H3,(H2,13,17)/t8-/m0/s1. The van der Waals surface area contributed by atoms with E-state index < -0.39 is 5.54 Å². The minimum atomic E-state index is -0.478. The molecule has 0 bridgehead atoms. The Balaban J connectivity index is 1.96. The lowest BCUT2D eigenvalue weighted by Gasteiger charge is -2.04. The highest BCUT2D eigenvalue weighted by Gasteiger charge is 2.46. The van der Waals surface area contributed by atoms with Gasteiger partial charge in [-0.3, -0.25) is 4.79 Å². The van der Waals surface area contributed by atoms with E-state index in [1.54, 1.807) is 17.8 Å². The Kier molecular flexibility index (Phi) is 2.84. The first-order valence-corrected chi connectivity index (χ1v) is 5.54. The summed E-state index contributed by atoms with van der Waals surface area (Å²) in [5, 5.41) is 16.9. The minimum Gasteiger partial charge on any atom is -0.369 e. The molecule has 6 heteroatoms. The van der Waals surface area contributed by atoms with Gasteiger partial charge < -0.3 is 5.73 Å². The molecule has 1 amide bonds. The maximum absolute atomic E-state index is 10.9. The largest absolute Gasteiger partial charge is 0.369 e. The van der Waals surface area contributed by atoms with Crippen molar-refractivity contribution in [3.63, 3.8) is 0 Å². The van der Waals surface area contributed by atoms with Gasteiger partial charge in [-0.25, -0.2) is 4.68 Å². The summed E-state index contributed by atoms with van der Waals surface area (Å²) in [5.74, 6) is -0.546. The molecule has 1 aliphatic carbocycles. The first kappa shape index (κ1) is 11.6. The van der Waals surface area contributed by atoms with Crippen molar-refractivity contribution in [2.24, 2.45) is 11.7 Å². The van der Waals surface area contributed by atoms with Crippen LogP contribution >= 0.6 is 0 Å². The van der Waals surface area contributed by atoms with Crippen molar-refractivity contribution in [1.82, 2.24) is 15.0 Å². The van der Waals surface area contributed by atoms with Crippen LogP contribution in [0.3, 0.4) is 0 Å². The number of nitriles is 1. The van der Waals surface area contributed by atoms with Crippen molar-refractivity contribution in [2.45, 2.75) is 31.7 Å². The highest BCUT2D eigenvalue weighted by atomic mass is 16.1. The zero-order chi connectivity index (χ0) is 12.5. The molecule has 2 rings (SSSR count). The molecule has 0 aliphatic heterocycles. The summed E-state index contributed by atoms with van der Waals surface area (Å²) in [5.41, 5.74) is 5.37. The molecule has 0 aromatic carbocycles. The summed E-state index contributed by atoms with van der Waals surface area (Å²) in [6.45, 7) is 1.76. The zero-order valence-corrected chi connectivity index (χ0v) is 9.63. The van der Waals surface area contributed by atoms with Crippen molar-refractivity contribution in [3.05, 3.63) is 18.3 Å². The van der Waals surface area contributed by atoms with Gasteiger partial charge in [-0.05, 0) is 19.3 Å². The van der Waals surface area contributed by atoms with Gasteiger partial charge in [0.2, 0.25) is 5.91 Å². The van der Waals surface area contributed by atoms with Gasteiger partial charge in [0.1, 0.15) is 0 Å². The molecule has 17 heavy (non-hydrogen) atoms. The maximum Gasteiger partial charge on any atom is 0.220 e. The van der Waals surface area contributed by atoms with Crippen LogP contribution in [-0.4, -0.2) is 20.9 Å². The fraction of sp³-hybridized carbons (Fsp3) is 0.545. The van der Waals surface area contributed by atoms with Crippen molar-refractivity contribution in [3.8, 4) is 6.07 Å². The van der Waals surface area contributed by atoms with Crippen LogP contribution in [0.2, 0.25) is 0 Å². The smallest absolute Gasteiger partial charge is 0.220 e. The number of hydrogen-bond donors (Lipinski definition) is 1. The highest BCUT2D eigenvalue weighted by Crippen LogP contribution is 2.42. The van der Waals surface area contributed by atoms with Gasteiger partial charge in [-0.2, -0.15) is 5.26 Å². The predicted octanol–water partition coefficient (Wildman–Crippen LogP) is 0.355. The second-order valence-electron chi connectivity index (χ2n) is 4.47. The number of carbonyl (C=O) groups is 1. The van der Waals surface area contributed by atoms with Crippen molar-refractivity contribution < 1.29 is 4.79 Å². The van der Waals surface area contributed by atoms with E-state index in [0.29, 0.717) is 12.1 Å². The lowest BCUT2D eigenvalue weighted by molar-refractivity contribution is -0.121. The zero-order valence-electron chi connectivity index (χ0n) is 9.63. The van der Waals surface area contributed by atoms with E-state index in [1.807, 2.05) is 6.42 Å². The Morgan fingerprint density at radius 2 is 2.53 bits per heavy atom. The van der Waals surface area contributed by atoms with E-state index in [-0.39, 0.29) is 11.8 Å². The molecule has 89 valence electrons. The fourth-order valence-electron chi connectivity index (χ4n) is 1.50. The Hall–Kier alpha value is -1.90. The highest BCUT2D eigenvalue weighted by molar-refractivity contribution is 5.76. The molecule has 1 atom stereocenters. The number of nitrogens with two attached hydrogens (primary N) is 1. The minimum absolute atomic E-state index is 0.217. The summed E-state index contributed by atoms with van der Waals surface area (Å²) in [6.07, 6.45) is 5.73. The SMILES string of the molecule is C[C@@H](C[CH]c1cn(C2(C#N)CC2)nn1)C(N)=O. The molecule has 1 aromatic heterocycles. The third-order valence-corrected chi connectivity index (χ3v) is 3.05. The van der Waals surface area contributed by atoms with E-state index in [4.69, 9.17) is 11.0 Å². The number of carbonyl (C=O) groups excluding carboxylic acids is 1. The van der Waals surface area contributed by atoms with E-state index in [9.17, 15) is 4.79 Å². The van der Waals surface area contributed by atoms with E-state index in [1.165, 1.54) is 0 Å². The molecule has 2 N–H and O–H groups in total. The quantitative estimate of drug-likeness (QED) is 0.792. The van der Waals surface area contributed by atoms with Crippen LogP contribution in [0.15, 0.2) is 6.20 Å². The number of nitrogens with zero attached hydrogens (tertiary/aromatic N) is 4. The van der Waals surface area contributed by atoms with Crippen LogP contribution in [-0.2, 0) is 10.3 Å².